The van der Waals surface area contributed by atoms with Crippen LogP contribution in [0.2, 0.25) is 5.02 Å². The number of nitrogens with two attached hydrogens (primary N) is 1. The van der Waals surface area contributed by atoms with E-state index in [4.69, 9.17) is 17.3 Å². The van der Waals surface area contributed by atoms with E-state index in [1.807, 2.05) is 0 Å². The van der Waals surface area contributed by atoms with Crippen molar-refractivity contribution in [1.29, 1.82) is 0 Å². The molecule has 1 amide bonds. The predicted molar refractivity (Wildman–Crippen MR) is 70.2 cm³/mol. The molecule has 98 valence electrons. The Balaban J connectivity index is 2.23. The summed E-state index contributed by atoms with van der Waals surface area (Å²) in [5.41, 5.74) is 5.64. The van der Waals surface area contributed by atoms with Gasteiger partial charge in [-0.1, -0.05) is 11.6 Å². The van der Waals surface area contributed by atoms with Crippen molar-refractivity contribution in [2.24, 2.45) is 0 Å². The molecule has 0 fully saturated rings. The average Bonchev–Trinajstić information content (AvgIpc) is 2.33. The van der Waals surface area contributed by atoms with E-state index in [1.165, 1.54) is 18.2 Å². The average molecular weight is 283 g/mol. The molecule has 0 aromatic heterocycles. The zero-order valence-corrected chi connectivity index (χ0v) is 10.3. The van der Waals surface area contributed by atoms with Crippen molar-refractivity contribution in [3.8, 4) is 0 Å². The monoisotopic (exact) mass is 282 g/mol. The van der Waals surface area contributed by atoms with Crippen molar-refractivity contribution in [3.63, 3.8) is 0 Å². The number of benzene rings is 2. The molecule has 0 saturated carbocycles. The zero-order valence-electron chi connectivity index (χ0n) is 9.58. The van der Waals surface area contributed by atoms with Crippen LogP contribution in [0.1, 0.15) is 10.4 Å². The van der Waals surface area contributed by atoms with E-state index < -0.39 is 17.5 Å². The second kappa shape index (κ2) is 5.24. The minimum Gasteiger partial charge on any atom is -0.396 e. The highest BCUT2D eigenvalue weighted by Crippen LogP contribution is 2.20. The molecule has 3 N–H and O–H groups in total. The molecule has 0 bridgehead atoms. The quantitative estimate of drug-likeness (QED) is 0.829. The molecule has 0 spiro atoms. The van der Waals surface area contributed by atoms with Gasteiger partial charge >= 0.3 is 0 Å². The molecule has 0 aliphatic rings. The number of rotatable bonds is 2. The lowest BCUT2D eigenvalue weighted by molar-refractivity contribution is 0.102. The molecule has 3 nitrogen and oxygen atoms in total. The van der Waals surface area contributed by atoms with E-state index in [9.17, 15) is 13.6 Å². The SMILES string of the molecule is Nc1ccc(NC(=O)c2ccc(F)cc2Cl)cc1F. The Kier molecular flexibility index (Phi) is 3.66. The fourth-order valence-electron chi connectivity index (χ4n) is 1.48. The topological polar surface area (TPSA) is 55.1 Å². The van der Waals surface area contributed by atoms with Crippen LogP contribution >= 0.6 is 11.6 Å². The number of halogens is 3. The Morgan fingerprint density at radius 3 is 2.53 bits per heavy atom. The van der Waals surface area contributed by atoms with Crippen molar-refractivity contribution in [2.45, 2.75) is 0 Å². The summed E-state index contributed by atoms with van der Waals surface area (Å²) in [4.78, 5) is 11.9. The van der Waals surface area contributed by atoms with Gasteiger partial charge in [0.1, 0.15) is 11.6 Å². The highest BCUT2D eigenvalue weighted by atomic mass is 35.5. The lowest BCUT2D eigenvalue weighted by atomic mass is 10.2. The summed E-state index contributed by atoms with van der Waals surface area (Å²) in [6.45, 7) is 0. The van der Waals surface area contributed by atoms with Gasteiger partial charge in [0.15, 0.2) is 0 Å². The molecule has 0 atom stereocenters. The number of nitrogen functional groups attached to an aromatic ring is 1. The maximum absolute atomic E-state index is 13.2. The van der Waals surface area contributed by atoms with Crippen LogP contribution < -0.4 is 11.1 Å². The van der Waals surface area contributed by atoms with Crippen LogP contribution in [0, 0.1) is 11.6 Å². The summed E-state index contributed by atoms with van der Waals surface area (Å²) < 4.78 is 26.1. The molecular formula is C13H9ClF2N2O. The summed E-state index contributed by atoms with van der Waals surface area (Å²) in [6, 6.07) is 7.26. The molecule has 0 unspecified atom stereocenters. The molecule has 2 rings (SSSR count). The third kappa shape index (κ3) is 3.00. The van der Waals surface area contributed by atoms with Gasteiger partial charge in [-0.2, -0.15) is 0 Å². The van der Waals surface area contributed by atoms with Gasteiger partial charge < -0.3 is 11.1 Å². The van der Waals surface area contributed by atoms with E-state index in [0.717, 1.165) is 18.2 Å². The molecule has 0 aliphatic heterocycles. The van der Waals surface area contributed by atoms with Crippen molar-refractivity contribution < 1.29 is 13.6 Å². The first-order chi connectivity index (χ1) is 8.97. The van der Waals surface area contributed by atoms with E-state index in [1.54, 1.807) is 0 Å². The third-order valence-electron chi connectivity index (χ3n) is 2.43. The van der Waals surface area contributed by atoms with Crippen LogP contribution in [-0.2, 0) is 0 Å². The maximum Gasteiger partial charge on any atom is 0.257 e. The number of hydrogen-bond donors (Lipinski definition) is 2. The van der Waals surface area contributed by atoms with Crippen molar-refractivity contribution in [1.82, 2.24) is 0 Å². The fraction of sp³-hybridized carbons (Fsp3) is 0. The number of carbonyl (C=O) groups excluding carboxylic acids is 1. The van der Waals surface area contributed by atoms with Gasteiger partial charge in [-0.05, 0) is 36.4 Å². The third-order valence-corrected chi connectivity index (χ3v) is 2.75. The standard InChI is InChI=1S/C13H9ClF2N2O/c14-10-5-7(15)1-3-9(10)13(19)18-8-2-4-12(17)11(16)6-8/h1-6H,17H2,(H,18,19). The Bertz CT molecular complexity index is 647. The van der Waals surface area contributed by atoms with Crippen LogP contribution in [0.4, 0.5) is 20.2 Å². The van der Waals surface area contributed by atoms with Crippen molar-refractivity contribution >= 4 is 28.9 Å². The van der Waals surface area contributed by atoms with E-state index >= 15 is 0 Å². The summed E-state index contributed by atoms with van der Waals surface area (Å²) in [5, 5.41) is 2.43. The van der Waals surface area contributed by atoms with Crippen LogP contribution in [-0.4, -0.2) is 5.91 Å². The molecular weight excluding hydrogens is 274 g/mol. The van der Waals surface area contributed by atoms with Crippen LogP contribution in [0.25, 0.3) is 0 Å². The lowest BCUT2D eigenvalue weighted by Crippen LogP contribution is -2.12. The van der Waals surface area contributed by atoms with Crippen LogP contribution in [0.5, 0.6) is 0 Å². The zero-order chi connectivity index (χ0) is 14.0. The number of amides is 1. The number of hydrogen-bond acceptors (Lipinski definition) is 2. The summed E-state index contributed by atoms with van der Waals surface area (Å²) in [7, 11) is 0. The Labute approximate surface area is 113 Å². The Hall–Kier alpha value is -2.14. The summed E-state index contributed by atoms with van der Waals surface area (Å²) >= 11 is 5.75. The summed E-state index contributed by atoms with van der Waals surface area (Å²) in [6.07, 6.45) is 0. The van der Waals surface area contributed by atoms with Gasteiger partial charge in [0, 0.05) is 5.69 Å². The summed E-state index contributed by atoms with van der Waals surface area (Å²) in [5.74, 6) is -1.74. The van der Waals surface area contributed by atoms with Gasteiger partial charge in [-0.15, -0.1) is 0 Å². The van der Waals surface area contributed by atoms with Gasteiger partial charge in [-0.25, -0.2) is 8.78 Å². The molecule has 0 saturated heterocycles. The molecule has 0 aliphatic carbocycles. The molecule has 0 radical (unpaired) electrons. The first kappa shape index (κ1) is 13.3. The van der Waals surface area contributed by atoms with E-state index in [2.05, 4.69) is 5.32 Å². The molecule has 2 aromatic rings. The van der Waals surface area contributed by atoms with Crippen molar-refractivity contribution in [2.75, 3.05) is 11.1 Å². The predicted octanol–water partition coefficient (Wildman–Crippen LogP) is 3.45. The lowest BCUT2D eigenvalue weighted by Gasteiger charge is -2.07. The molecule has 2 aromatic carbocycles. The number of carbonyl (C=O) groups is 1. The van der Waals surface area contributed by atoms with Crippen LogP contribution in [0.15, 0.2) is 36.4 Å². The van der Waals surface area contributed by atoms with Gasteiger partial charge in [0.25, 0.3) is 5.91 Å². The number of nitrogens with one attached hydrogen (secondary N) is 1. The largest absolute Gasteiger partial charge is 0.396 e. The highest BCUT2D eigenvalue weighted by molar-refractivity contribution is 6.34. The van der Waals surface area contributed by atoms with E-state index in [0.29, 0.717) is 0 Å². The second-order valence-corrected chi connectivity index (χ2v) is 4.22. The maximum atomic E-state index is 13.2. The van der Waals surface area contributed by atoms with Gasteiger partial charge in [0.2, 0.25) is 0 Å². The van der Waals surface area contributed by atoms with Gasteiger partial charge in [0.05, 0.1) is 16.3 Å². The molecule has 19 heavy (non-hydrogen) atoms. The number of anilines is 2. The smallest absolute Gasteiger partial charge is 0.257 e. The first-order valence-corrected chi connectivity index (χ1v) is 5.66. The van der Waals surface area contributed by atoms with Gasteiger partial charge in [-0.3, -0.25) is 4.79 Å². The van der Waals surface area contributed by atoms with E-state index in [-0.39, 0.29) is 22.0 Å². The first-order valence-electron chi connectivity index (χ1n) is 5.29. The minimum absolute atomic E-state index is 0.0159. The molecule has 6 heteroatoms. The second-order valence-electron chi connectivity index (χ2n) is 3.81. The van der Waals surface area contributed by atoms with Crippen LogP contribution in [0.3, 0.4) is 0 Å². The Morgan fingerprint density at radius 2 is 1.89 bits per heavy atom. The molecule has 0 heterocycles. The highest BCUT2D eigenvalue weighted by Gasteiger charge is 2.12. The minimum atomic E-state index is -0.636. The van der Waals surface area contributed by atoms with Crippen molar-refractivity contribution in [3.05, 3.63) is 58.6 Å². The normalized spacial score (nSPS) is 10.3. The fourth-order valence-corrected chi connectivity index (χ4v) is 1.73. The Morgan fingerprint density at radius 1 is 1.16 bits per heavy atom.